The molecule has 0 fully saturated rings. The van der Waals surface area contributed by atoms with Crippen LogP contribution < -0.4 is 0 Å². The second kappa shape index (κ2) is 17.7. The van der Waals surface area contributed by atoms with Crippen molar-refractivity contribution in [3.8, 4) is 0 Å². The molecular weight excluding hydrogens is 479 g/mol. The number of rotatable bonds is 16. The molecule has 0 aliphatic carbocycles. The molecule has 2 atom stereocenters. The molecule has 3 aromatic carbocycles. The fraction of sp³-hybridized carbons (Fsp3) is 0.474. The van der Waals surface area contributed by atoms with E-state index in [1.165, 1.54) is 48.8 Å². The monoisotopic (exact) mass is 532 g/mol. The molecule has 0 saturated heterocycles. The van der Waals surface area contributed by atoms with E-state index in [0.717, 1.165) is 6.42 Å². The number of benzene rings is 3. The quantitative estimate of drug-likeness (QED) is 0.101. The topological polar surface area (TPSA) is 9.23 Å². The summed E-state index contributed by atoms with van der Waals surface area (Å²) in [6.07, 6.45) is 12.1. The Hall–Kier alpha value is -2.04. The summed E-state index contributed by atoms with van der Waals surface area (Å²) in [5.41, 5.74) is 2.82. The zero-order chi connectivity index (χ0) is 28.1. The number of ether oxygens (including phenoxy) is 1. The fourth-order valence-electron chi connectivity index (χ4n) is 6.02. The van der Waals surface area contributed by atoms with E-state index < -0.39 is 5.60 Å². The van der Waals surface area contributed by atoms with E-state index in [-0.39, 0.29) is 25.0 Å². The standard InChI is InChI=1S/C38H52O.Li.H/c1-7-9-19-33(8-2)37(27-26-32(28-30(3)4)29-31(5)6)39-38(34-20-13-10-14-21-34,35-22-15-11-16-23-35)36-24-17-12-18-25-36;;/h10-18,20-27,30-33,37H,7-9,19,28-29H2,1-6H3;;/b27-26+;;. The average Bonchev–Trinajstić information content (AvgIpc) is 2.95. The van der Waals surface area contributed by atoms with E-state index in [1.54, 1.807) is 0 Å². The van der Waals surface area contributed by atoms with Crippen LogP contribution >= 0.6 is 0 Å². The van der Waals surface area contributed by atoms with Gasteiger partial charge in [-0.1, -0.05) is 164 Å². The summed E-state index contributed by atoms with van der Waals surface area (Å²) in [5, 5.41) is 0. The molecule has 0 heterocycles. The summed E-state index contributed by atoms with van der Waals surface area (Å²) < 4.78 is 7.62. The Balaban J connectivity index is 0.00000560. The van der Waals surface area contributed by atoms with Crippen LogP contribution in [0.25, 0.3) is 0 Å². The van der Waals surface area contributed by atoms with Crippen LogP contribution in [0.1, 0.15) is 96.8 Å². The first-order chi connectivity index (χ1) is 18.9. The maximum absolute atomic E-state index is 7.62. The number of hydrogen-bond acceptors (Lipinski definition) is 1. The van der Waals surface area contributed by atoms with E-state index in [1.807, 2.05) is 0 Å². The molecule has 0 aromatic heterocycles. The Morgan fingerprint density at radius 2 is 1.07 bits per heavy atom. The summed E-state index contributed by atoms with van der Waals surface area (Å²) >= 11 is 0. The number of unbranched alkanes of at least 4 members (excludes halogenated alkanes) is 1. The Bertz CT molecular complexity index is 968. The molecule has 3 rings (SSSR count). The van der Waals surface area contributed by atoms with Crippen molar-refractivity contribution in [3.05, 3.63) is 120 Å². The zero-order valence-corrected chi connectivity index (χ0v) is 25.4. The van der Waals surface area contributed by atoms with Crippen LogP contribution in [0, 0.1) is 23.7 Å². The molecule has 1 nitrogen and oxygen atoms in total. The van der Waals surface area contributed by atoms with Crippen molar-refractivity contribution in [1.82, 2.24) is 0 Å². The van der Waals surface area contributed by atoms with Crippen molar-refractivity contribution in [2.75, 3.05) is 0 Å². The summed E-state index contributed by atoms with van der Waals surface area (Å²) in [7, 11) is 0. The van der Waals surface area contributed by atoms with Crippen LogP contribution in [0.5, 0.6) is 0 Å². The van der Waals surface area contributed by atoms with Gasteiger partial charge >= 0.3 is 18.9 Å². The van der Waals surface area contributed by atoms with E-state index in [2.05, 4.69) is 145 Å². The van der Waals surface area contributed by atoms with Crippen molar-refractivity contribution in [1.29, 1.82) is 0 Å². The Kier molecular flexibility index (Phi) is 15.1. The molecule has 0 N–H and O–H groups in total. The van der Waals surface area contributed by atoms with Gasteiger partial charge in [-0.15, -0.1) is 0 Å². The molecule has 0 spiro atoms. The normalized spacial score (nSPS) is 13.6. The van der Waals surface area contributed by atoms with Gasteiger partial charge in [-0.25, -0.2) is 0 Å². The van der Waals surface area contributed by atoms with Crippen molar-refractivity contribution >= 4 is 18.9 Å². The molecule has 0 aliphatic rings. The van der Waals surface area contributed by atoms with Gasteiger partial charge in [0.05, 0.1) is 6.10 Å². The van der Waals surface area contributed by atoms with Crippen LogP contribution in [-0.4, -0.2) is 25.0 Å². The van der Waals surface area contributed by atoms with Gasteiger partial charge < -0.3 is 4.74 Å². The van der Waals surface area contributed by atoms with Gasteiger partial charge in [-0.05, 0) is 59.6 Å². The number of hydrogen-bond donors (Lipinski definition) is 0. The van der Waals surface area contributed by atoms with Gasteiger partial charge in [-0.3, -0.25) is 0 Å². The molecule has 0 aliphatic heterocycles. The Morgan fingerprint density at radius 1 is 0.650 bits per heavy atom. The molecule has 0 amide bonds. The van der Waals surface area contributed by atoms with Crippen molar-refractivity contribution in [2.45, 2.75) is 91.8 Å². The maximum atomic E-state index is 7.62. The van der Waals surface area contributed by atoms with Gasteiger partial charge in [0, 0.05) is 0 Å². The summed E-state index contributed by atoms with van der Waals surface area (Å²) in [5.74, 6) is 2.38. The van der Waals surface area contributed by atoms with E-state index >= 15 is 0 Å². The Labute approximate surface area is 258 Å². The fourth-order valence-corrected chi connectivity index (χ4v) is 6.02. The number of allylic oxidation sites excluding steroid dienone is 1. The van der Waals surface area contributed by atoms with Gasteiger partial charge in [0.25, 0.3) is 0 Å². The third-order valence-electron chi connectivity index (χ3n) is 7.89. The molecule has 0 radical (unpaired) electrons. The third kappa shape index (κ3) is 9.51. The van der Waals surface area contributed by atoms with Gasteiger partial charge in [0.1, 0.15) is 5.60 Å². The molecule has 2 heteroatoms. The molecule has 0 bridgehead atoms. The molecule has 212 valence electrons. The summed E-state index contributed by atoms with van der Waals surface area (Å²) in [6.45, 7) is 14.0. The van der Waals surface area contributed by atoms with E-state index in [4.69, 9.17) is 4.74 Å². The second-order valence-electron chi connectivity index (χ2n) is 12.1. The first-order valence-electron chi connectivity index (χ1n) is 15.4. The third-order valence-corrected chi connectivity index (χ3v) is 7.89. The zero-order valence-electron chi connectivity index (χ0n) is 25.4. The van der Waals surface area contributed by atoms with Crippen molar-refractivity contribution < 1.29 is 4.74 Å². The molecule has 2 unspecified atom stereocenters. The minimum absolute atomic E-state index is 0. The van der Waals surface area contributed by atoms with Crippen LogP contribution in [0.3, 0.4) is 0 Å². The molecular formula is C38H53LiO. The molecule has 0 saturated carbocycles. The summed E-state index contributed by atoms with van der Waals surface area (Å²) in [6, 6.07) is 32.5. The first-order valence-corrected chi connectivity index (χ1v) is 15.4. The van der Waals surface area contributed by atoms with E-state index in [9.17, 15) is 0 Å². The Morgan fingerprint density at radius 3 is 1.43 bits per heavy atom. The van der Waals surface area contributed by atoms with Crippen molar-refractivity contribution in [2.24, 2.45) is 23.7 Å². The molecule has 3 aromatic rings. The predicted octanol–water partition coefficient (Wildman–Crippen LogP) is 10.2. The predicted molar refractivity (Wildman–Crippen MR) is 176 cm³/mol. The van der Waals surface area contributed by atoms with E-state index in [0.29, 0.717) is 23.7 Å². The second-order valence-corrected chi connectivity index (χ2v) is 12.1. The van der Waals surface area contributed by atoms with Gasteiger partial charge in [0.15, 0.2) is 0 Å². The minimum atomic E-state index is -0.704. The van der Waals surface area contributed by atoms with Crippen LogP contribution in [-0.2, 0) is 10.3 Å². The average molecular weight is 533 g/mol. The van der Waals surface area contributed by atoms with Gasteiger partial charge in [0.2, 0.25) is 0 Å². The van der Waals surface area contributed by atoms with Crippen LogP contribution in [0.2, 0.25) is 0 Å². The van der Waals surface area contributed by atoms with Crippen LogP contribution in [0.4, 0.5) is 0 Å². The first kappa shape index (κ1) is 34.2. The summed E-state index contributed by atoms with van der Waals surface area (Å²) in [4.78, 5) is 0. The van der Waals surface area contributed by atoms with Crippen LogP contribution in [0.15, 0.2) is 103 Å². The SMILES string of the molecule is CCCCC(CC)C(/C=C/C(CC(C)C)CC(C)C)OC(c1ccccc1)(c1ccccc1)c1ccccc1.[LiH]. The van der Waals surface area contributed by atoms with Crippen molar-refractivity contribution in [3.63, 3.8) is 0 Å². The molecule has 40 heavy (non-hydrogen) atoms. The van der Waals surface area contributed by atoms with Gasteiger partial charge in [-0.2, -0.15) is 0 Å².